The molecular weight excluding hydrogens is 272 g/mol. The Bertz CT molecular complexity index is 401. The van der Waals surface area contributed by atoms with Gasteiger partial charge in [0.1, 0.15) is 12.4 Å². The minimum atomic E-state index is -0.438. The number of carbonyl (C=O) groups is 1. The summed E-state index contributed by atoms with van der Waals surface area (Å²) in [5.74, 6) is 0.283. The number of primary amides is 1. The second kappa shape index (κ2) is 10.1. The molecule has 0 radical (unpaired) electrons. The number of carbonyl (C=O) groups excluding carboxylic acids is 1. The van der Waals surface area contributed by atoms with Crippen molar-refractivity contribution in [1.82, 2.24) is 4.90 Å². The van der Waals surface area contributed by atoms with Gasteiger partial charge in [0.05, 0.1) is 13.2 Å². The van der Waals surface area contributed by atoms with E-state index in [1.807, 2.05) is 0 Å². The zero-order valence-electron chi connectivity index (χ0n) is 12.7. The molecular formula is C15H24N2O4. The molecule has 0 fully saturated rings. The Kier molecular flexibility index (Phi) is 8.42. The highest BCUT2D eigenvalue weighted by molar-refractivity contribution is 5.92. The van der Waals surface area contributed by atoms with Gasteiger partial charge in [-0.25, -0.2) is 0 Å². The van der Waals surface area contributed by atoms with Gasteiger partial charge in [-0.1, -0.05) is 0 Å². The molecule has 0 bridgehead atoms. The number of nitrogens with two attached hydrogens (primary N) is 1. The lowest BCUT2D eigenvalue weighted by Gasteiger charge is -2.21. The van der Waals surface area contributed by atoms with E-state index in [-0.39, 0.29) is 0 Å². The van der Waals surface area contributed by atoms with Gasteiger partial charge in [-0.3, -0.25) is 9.69 Å². The van der Waals surface area contributed by atoms with E-state index in [0.29, 0.717) is 25.4 Å². The van der Waals surface area contributed by atoms with Gasteiger partial charge in [0, 0.05) is 39.4 Å². The summed E-state index contributed by atoms with van der Waals surface area (Å²) in [6.45, 7) is 4.37. The highest BCUT2D eigenvalue weighted by Crippen LogP contribution is 2.11. The third-order valence-corrected chi connectivity index (χ3v) is 3.04. The Morgan fingerprint density at radius 3 is 2.00 bits per heavy atom. The number of hydrogen-bond acceptors (Lipinski definition) is 5. The molecule has 1 aromatic rings. The minimum absolute atomic E-state index is 0.438. The van der Waals surface area contributed by atoms with Crippen LogP contribution in [0, 0.1) is 0 Å². The fourth-order valence-electron chi connectivity index (χ4n) is 1.78. The summed E-state index contributed by atoms with van der Waals surface area (Å²) in [5.41, 5.74) is 5.66. The molecule has 0 spiro atoms. The van der Waals surface area contributed by atoms with Crippen LogP contribution in [0.1, 0.15) is 10.4 Å². The first-order valence-corrected chi connectivity index (χ1v) is 6.90. The second-order valence-corrected chi connectivity index (χ2v) is 4.56. The number of nitrogens with zero attached hydrogens (tertiary/aromatic N) is 1. The van der Waals surface area contributed by atoms with Crippen LogP contribution in [0.4, 0.5) is 0 Å². The van der Waals surface area contributed by atoms with Gasteiger partial charge in [-0.15, -0.1) is 0 Å². The first-order valence-electron chi connectivity index (χ1n) is 6.90. The van der Waals surface area contributed by atoms with E-state index in [4.69, 9.17) is 19.9 Å². The van der Waals surface area contributed by atoms with Crippen molar-refractivity contribution >= 4 is 5.91 Å². The third-order valence-electron chi connectivity index (χ3n) is 3.04. The molecule has 0 unspecified atom stereocenters. The van der Waals surface area contributed by atoms with E-state index in [1.54, 1.807) is 38.5 Å². The Morgan fingerprint density at radius 1 is 1.00 bits per heavy atom. The maximum atomic E-state index is 11.0. The minimum Gasteiger partial charge on any atom is -0.492 e. The number of rotatable bonds is 11. The Balaban J connectivity index is 2.36. The fourth-order valence-corrected chi connectivity index (χ4v) is 1.78. The number of ether oxygens (including phenoxy) is 3. The maximum absolute atomic E-state index is 11.0. The smallest absolute Gasteiger partial charge is 0.248 e. The second-order valence-electron chi connectivity index (χ2n) is 4.56. The van der Waals surface area contributed by atoms with Crippen LogP contribution >= 0.6 is 0 Å². The van der Waals surface area contributed by atoms with Gasteiger partial charge in [-0.2, -0.15) is 0 Å². The largest absolute Gasteiger partial charge is 0.492 e. The van der Waals surface area contributed by atoms with E-state index in [2.05, 4.69) is 4.90 Å². The van der Waals surface area contributed by atoms with Crippen molar-refractivity contribution in [3.05, 3.63) is 29.8 Å². The highest BCUT2D eigenvalue weighted by atomic mass is 16.5. The molecule has 6 nitrogen and oxygen atoms in total. The number of hydrogen-bond donors (Lipinski definition) is 1. The third kappa shape index (κ3) is 7.08. The van der Waals surface area contributed by atoms with Gasteiger partial charge in [0.2, 0.25) is 5.91 Å². The Labute approximate surface area is 125 Å². The average molecular weight is 296 g/mol. The van der Waals surface area contributed by atoms with Crippen molar-refractivity contribution in [2.45, 2.75) is 0 Å². The van der Waals surface area contributed by atoms with Crippen LogP contribution < -0.4 is 10.5 Å². The molecule has 0 aromatic heterocycles. The number of benzene rings is 1. The van der Waals surface area contributed by atoms with Crippen LogP contribution in [0.25, 0.3) is 0 Å². The van der Waals surface area contributed by atoms with Crippen molar-refractivity contribution in [3.8, 4) is 5.75 Å². The molecule has 21 heavy (non-hydrogen) atoms. The van der Waals surface area contributed by atoms with Gasteiger partial charge in [0.15, 0.2) is 0 Å². The highest BCUT2D eigenvalue weighted by Gasteiger charge is 2.05. The van der Waals surface area contributed by atoms with Crippen LogP contribution in [-0.4, -0.2) is 64.5 Å². The monoisotopic (exact) mass is 296 g/mol. The lowest BCUT2D eigenvalue weighted by Crippen LogP contribution is -2.34. The van der Waals surface area contributed by atoms with Crippen molar-refractivity contribution < 1.29 is 19.0 Å². The molecule has 118 valence electrons. The first kappa shape index (κ1) is 17.4. The molecule has 1 aromatic carbocycles. The summed E-state index contributed by atoms with van der Waals surface area (Å²) in [6, 6.07) is 6.81. The van der Waals surface area contributed by atoms with Crippen LogP contribution in [0.15, 0.2) is 24.3 Å². The summed E-state index contributed by atoms with van der Waals surface area (Å²) < 4.78 is 15.8. The van der Waals surface area contributed by atoms with Crippen LogP contribution in [0.3, 0.4) is 0 Å². The normalized spacial score (nSPS) is 10.8. The summed E-state index contributed by atoms with van der Waals surface area (Å²) in [4.78, 5) is 13.2. The zero-order chi connectivity index (χ0) is 15.5. The molecule has 6 heteroatoms. The fraction of sp³-hybridized carbons (Fsp3) is 0.533. The van der Waals surface area contributed by atoms with Gasteiger partial charge in [0.25, 0.3) is 0 Å². The molecule has 0 heterocycles. The van der Waals surface area contributed by atoms with Crippen LogP contribution in [0.5, 0.6) is 5.75 Å². The molecule has 1 rings (SSSR count). The summed E-state index contributed by atoms with van der Waals surface area (Å²) >= 11 is 0. The quantitative estimate of drug-likeness (QED) is 0.652. The maximum Gasteiger partial charge on any atom is 0.248 e. The van der Waals surface area contributed by atoms with Gasteiger partial charge >= 0.3 is 0 Å². The average Bonchev–Trinajstić information content (AvgIpc) is 2.50. The summed E-state index contributed by atoms with van der Waals surface area (Å²) in [5, 5.41) is 0. The van der Waals surface area contributed by atoms with Gasteiger partial charge in [-0.05, 0) is 24.3 Å². The SMILES string of the molecule is COCCN(CCOC)CCOc1ccc(C(N)=O)cc1. The molecule has 0 saturated heterocycles. The number of methoxy groups -OCH3 is 2. The molecule has 0 aliphatic carbocycles. The molecule has 0 aliphatic rings. The van der Waals surface area contributed by atoms with Crippen LogP contribution in [-0.2, 0) is 9.47 Å². The van der Waals surface area contributed by atoms with Crippen LogP contribution in [0.2, 0.25) is 0 Å². The molecule has 0 atom stereocenters. The molecule has 0 saturated carbocycles. The van der Waals surface area contributed by atoms with Crippen molar-refractivity contribution in [3.63, 3.8) is 0 Å². The number of amides is 1. The van der Waals surface area contributed by atoms with Gasteiger partial charge < -0.3 is 19.9 Å². The standard InChI is InChI=1S/C15H24N2O4/c1-19-10-7-17(8-11-20-2)9-12-21-14-5-3-13(4-6-14)15(16)18/h3-6H,7-12H2,1-2H3,(H2,16,18). The topological polar surface area (TPSA) is 74.0 Å². The predicted molar refractivity (Wildman–Crippen MR) is 80.6 cm³/mol. The van der Waals surface area contributed by atoms with E-state index < -0.39 is 5.91 Å². The molecule has 1 amide bonds. The Morgan fingerprint density at radius 2 is 1.52 bits per heavy atom. The lowest BCUT2D eigenvalue weighted by molar-refractivity contribution is 0.1000. The predicted octanol–water partition coefficient (Wildman–Crippen LogP) is 0.759. The van der Waals surface area contributed by atoms with E-state index in [1.165, 1.54) is 0 Å². The van der Waals surface area contributed by atoms with E-state index in [0.717, 1.165) is 25.4 Å². The lowest BCUT2D eigenvalue weighted by atomic mass is 10.2. The zero-order valence-corrected chi connectivity index (χ0v) is 12.7. The first-order chi connectivity index (χ1) is 10.2. The van der Waals surface area contributed by atoms with Crippen molar-refractivity contribution in [1.29, 1.82) is 0 Å². The summed E-state index contributed by atoms with van der Waals surface area (Å²) in [7, 11) is 3.37. The molecule has 2 N–H and O–H groups in total. The van der Waals surface area contributed by atoms with Crippen molar-refractivity contribution in [2.75, 3.05) is 53.7 Å². The molecule has 0 aliphatic heterocycles. The van der Waals surface area contributed by atoms with Crippen molar-refractivity contribution in [2.24, 2.45) is 5.73 Å². The summed E-state index contributed by atoms with van der Waals surface area (Å²) in [6.07, 6.45) is 0. The van der Waals surface area contributed by atoms with E-state index in [9.17, 15) is 4.79 Å². The Hall–Kier alpha value is -1.63. The van der Waals surface area contributed by atoms with E-state index >= 15 is 0 Å².